The lowest BCUT2D eigenvalue weighted by atomic mass is 10.0. The Morgan fingerprint density at radius 2 is 1.94 bits per heavy atom. The molecule has 0 spiro atoms. The van der Waals surface area contributed by atoms with Gasteiger partial charge in [-0.05, 0) is 44.0 Å². The number of rotatable bonds is 7. The number of nitrogens with two attached hydrogens (primary N) is 1. The molecule has 0 saturated carbocycles. The van der Waals surface area contributed by atoms with Crippen molar-refractivity contribution in [3.63, 3.8) is 0 Å². The number of hydrogen-bond acceptors (Lipinski definition) is 4. The summed E-state index contributed by atoms with van der Waals surface area (Å²) in [6.45, 7) is 2.97. The van der Waals surface area contributed by atoms with Gasteiger partial charge in [-0.3, -0.25) is 0 Å². The standard InChI is InChI=1S/C14H24N2O2/c1-14(17,11-15)9-4-10-16(2)12-5-7-13(18-3)8-6-12/h5-8,17H,4,9-11,15H2,1-3H3. The molecule has 102 valence electrons. The predicted molar refractivity (Wildman–Crippen MR) is 75.2 cm³/mol. The minimum Gasteiger partial charge on any atom is -0.497 e. The van der Waals surface area contributed by atoms with Gasteiger partial charge in [0, 0.05) is 25.8 Å². The molecule has 3 N–H and O–H groups in total. The number of anilines is 1. The van der Waals surface area contributed by atoms with Crippen molar-refractivity contribution in [2.24, 2.45) is 5.73 Å². The van der Waals surface area contributed by atoms with Gasteiger partial charge in [0.2, 0.25) is 0 Å². The fourth-order valence-electron chi connectivity index (χ4n) is 1.76. The number of hydrogen-bond donors (Lipinski definition) is 2. The Bertz CT molecular complexity index is 349. The zero-order valence-corrected chi connectivity index (χ0v) is 11.5. The number of methoxy groups -OCH3 is 1. The molecule has 1 unspecified atom stereocenters. The van der Waals surface area contributed by atoms with E-state index in [1.807, 2.05) is 31.3 Å². The fraction of sp³-hybridized carbons (Fsp3) is 0.571. The monoisotopic (exact) mass is 252 g/mol. The van der Waals surface area contributed by atoms with Crippen molar-refractivity contribution < 1.29 is 9.84 Å². The molecule has 0 bridgehead atoms. The molecule has 0 aromatic heterocycles. The van der Waals surface area contributed by atoms with Crippen LogP contribution < -0.4 is 15.4 Å². The first-order chi connectivity index (χ1) is 8.48. The Labute approximate surface area is 109 Å². The van der Waals surface area contributed by atoms with Gasteiger partial charge in [0.1, 0.15) is 5.75 Å². The summed E-state index contributed by atoms with van der Waals surface area (Å²) in [6.07, 6.45) is 1.62. The third-order valence-corrected chi connectivity index (χ3v) is 3.16. The first kappa shape index (κ1) is 14.8. The van der Waals surface area contributed by atoms with E-state index in [0.29, 0.717) is 13.0 Å². The fourth-order valence-corrected chi connectivity index (χ4v) is 1.76. The highest BCUT2D eigenvalue weighted by molar-refractivity contribution is 5.48. The molecular weight excluding hydrogens is 228 g/mol. The van der Waals surface area contributed by atoms with Gasteiger partial charge >= 0.3 is 0 Å². The molecule has 18 heavy (non-hydrogen) atoms. The third-order valence-electron chi connectivity index (χ3n) is 3.16. The Kier molecular flexibility index (Phi) is 5.44. The van der Waals surface area contributed by atoms with E-state index in [1.165, 1.54) is 0 Å². The number of benzene rings is 1. The summed E-state index contributed by atoms with van der Waals surface area (Å²) in [5.74, 6) is 0.859. The van der Waals surface area contributed by atoms with Gasteiger partial charge in [-0.25, -0.2) is 0 Å². The van der Waals surface area contributed by atoms with Crippen molar-refractivity contribution in [1.29, 1.82) is 0 Å². The molecule has 0 aliphatic heterocycles. The van der Waals surface area contributed by atoms with Crippen LogP contribution in [0.3, 0.4) is 0 Å². The van der Waals surface area contributed by atoms with Crippen molar-refractivity contribution in [3.05, 3.63) is 24.3 Å². The van der Waals surface area contributed by atoms with Crippen LogP contribution in [0.2, 0.25) is 0 Å². The molecule has 0 radical (unpaired) electrons. The SMILES string of the molecule is COc1ccc(N(C)CCCC(C)(O)CN)cc1. The Morgan fingerprint density at radius 1 is 1.33 bits per heavy atom. The lowest BCUT2D eigenvalue weighted by Crippen LogP contribution is -2.35. The Balaban J connectivity index is 2.42. The molecule has 1 rings (SSSR count). The van der Waals surface area contributed by atoms with Crippen molar-refractivity contribution in [3.8, 4) is 5.75 Å². The van der Waals surface area contributed by atoms with Crippen molar-refractivity contribution in [1.82, 2.24) is 0 Å². The minimum atomic E-state index is -0.749. The molecule has 1 aromatic rings. The molecule has 0 fully saturated rings. The maximum atomic E-state index is 9.81. The highest BCUT2D eigenvalue weighted by Crippen LogP contribution is 2.19. The average molecular weight is 252 g/mol. The molecule has 1 atom stereocenters. The minimum absolute atomic E-state index is 0.305. The average Bonchev–Trinajstić information content (AvgIpc) is 2.38. The van der Waals surface area contributed by atoms with Crippen LogP contribution in [0.15, 0.2) is 24.3 Å². The molecule has 1 aromatic carbocycles. The molecule has 0 aliphatic carbocycles. The molecule has 0 aliphatic rings. The normalized spacial score (nSPS) is 14.1. The van der Waals surface area contributed by atoms with Crippen molar-refractivity contribution in [2.45, 2.75) is 25.4 Å². The molecular formula is C14H24N2O2. The maximum absolute atomic E-state index is 9.81. The molecule has 0 saturated heterocycles. The highest BCUT2D eigenvalue weighted by Gasteiger charge is 2.17. The van der Waals surface area contributed by atoms with E-state index in [2.05, 4.69) is 4.90 Å². The molecule has 0 heterocycles. The summed E-state index contributed by atoms with van der Waals surface area (Å²) in [4.78, 5) is 2.16. The second-order valence-electron chi connectivity index (χ2n) is 4.92. The zero-order chi connectivity index (χ0) is 13.6. The highest BCUT2D eigenvalue weighted by atomic mass is 16.5. The second kappa shape index (κ2) is 6.61. The van der Waals surface area contributed by atoms with Gasteiger partial charge in [0.15, 0.2) is 0 Å². The lowest BCUT2D eigenvalue weighted by molar-refractivity contribution is 0.0585. The van der Waals surface area contributed by atoms with E-state index in [4.69, 9.17) is 10.5 Å². The number of nitrogens with zero attached hydrogens (tertiary/aromatic N) is 1. The van der Waals surface area contributed by atoms with Crippen LogP contribution >= 0.6 is 0 Å². The Morgan fingerprint density at radius 3 is 2.44 bits per heavy atom. The van der Waals surface area contributed by atoms with E-state index in [9.17, 15) is 5.11 Å². The first-order valence-corrected chi connectivity index (χ1v) is 6.26. The van der Waals surface area contributed by atoms with Gasteiger partial charge in [0.25, 0.3) is 0 Å². The van der Waals surface area contributed by atoms with Gasteiger partial charge < -0.3 is 20.5 Å². The van der Waals surface area contributed by atoms with Gasteiger partial charge in [0.05, 0.1) is 12.7 Å². The van der Waals surface area contributed by atoms with Crippen LogP contribution in [-0.4, -0.2) is 38.0 Å². The summed E-state index contributed by atoms with van der Waals surface area (Å²) < 4.78 is 5.12. The summed E-state index contributed by atoms with van der Waals surface area (Å²) in [7, 11) is 3.70. The number of ether oxygens (including phenoxy) is 1. The van der Waals surface area contributed by atoms with Crippen molar-refractivity contribution in [2.75, 3.05) is 32.1 Å². The van der Waals surface area contributed by atoms with E-state index >= 15 is 0 Å². The smallest absolute Gasteiger partial charge is 0.119 e. The van der Waals surface area contributed by atoms with Crippen LogP contribution in [0.25, 0.3) is 0 Å². The largest absolute Gasteiger partial charge is 0.497 e. The van der Waals surface area contributed by atoms with Gasteiger partial charge in [-0.2, -0.15) is 0 Å². The first-order valence-electron chi connectivity index (χ1n) is 6.26. The van der Waals surface area contributed by atoms with E-state index < -0.39 is 5.60 Å². The topological polar surface area (TPSA) is 58.7 Å². The summed E-state index contributed by atoms with van der Waals surface area (Å²) in [5.41, 5.74) is 5.88. The maximum Gasteiger partial charge on any atom is 0.119 e. The van der Waals surface area contributed by atoms with Crippen LogP contribution in [0.1, 0.15) is 19.8 Å². The number of aliphatic hydroxyl groups is 1. The quantitative estimate of drug-likeness (QED) is 0.774. The molecule has 4 heteroatoms. The van der Waals surface area contributed by atoms with Crippen LogP contribution in [-0.2, 0) is 0 Å². The van der Waals surface area contributed by atoms with Crippen LogP contribution in [0.4, 0.5) is 5.69 Å². The second-order valence-corrected chi connectivity index (χ2v) is 4.92. The third kappa shape index (κ3) is 4.55. The van der Waals surface area contributed by atoms with Gasteiger partial charge in [-0.1, -0.05) is 0 Å². The Hall–Kier alpha value is -1.26. The van der Waals surface area contributed by atoms with Crippen molar-refractivity contribution >= 4 is 5.69 Å². The summed E-state index contributed by atoms with van der Waals surface area (Å²) >= 11 is 0. The lowest BCUT2D eigenvalue weighted by Gasteiger charge is -2.24. The zero-order valence-electron chi connectivity index (χ0n) is 11.5. The van der Waals surface area contributed by atoms with E-state index in [-0.39, 0.29) is 0 Å². The molecule has 0 amide bonds. The van der Waals surface area contributed by atoms with E-state index in [0.717, 1.165) is 24.4 Å². The summed E-state index contributed by atoms with van der Waals surface area (Å²) in [6, 6.07) is 7.95. The predicted octanol–water partition coefficient (Wildman–Crippen LogP) is 1.62. The van der Waals surface area contributed by atoms with Crippen LogP contribution in [0.5, 0.6) is 5.75 Å². The van der Waals surface area contributed by atoms with Gasteiger partial charge in [-0.15, -0.1) is 0 Å². The molecule has 4 nitrogen and oxygen atoms in total. The van der Waals surface area contributed by atoms with Crippen LogP contribution in [0, 0.1) is 0 Å². The van der Waals surface area contributed by atoms with E-state index in [1.54, 1.807) is 14.0 Å². The summed E-state index contributed by atoms with van der Waals surface area (Å²) in [5, 5.41) is 9.81.